The molecule has 2 atom stereocenters. The van der Waals surface area contributed by atoms with Crippen LogP contribution in [-0.4, -0.2) is 0 Å². The molecule has 0 aromatic carbocycles. The summed E-state index contributed by atoms with van der Waals surface area (Å²) in [5.74, 6) is 3.96. The maximum absolute atomic E-state index is 2.47. The molecule has 2 bridgehead atoms. The van der Waals surface area contributed by atoms with E-state index in [1.54, 1.807) is 0 Å². The van der Waals surface area contributed by atoms with Gasteiger partial charge in [0.2, 0.25) is 0 Å². The molecule has 3 fully saturated rings. The smallest absolute Gasteiger partial charge is 0.0301 e. The molecule has 94 valence electrons. The first-order valence-electron chi connectivity index (χ1n) is 7.21. The summed E-state index contributed by atoms with van der Waals surface area (Å²) in [7, 11) is 0. The lowest BCUT2D eigenvalue weighted by Gasteiger charge is -2.58. The normalized spacial score (nSPS) is 40.1. The molecule has 0 amide bonds. The molecule has 3 aliphatic rings. The van der Waals surface area contributed by atoms with Crippen LogP contribution in [0.15, 0.2) is 0 Å². The topological polar surface area (TPSA) is 0 Å². The van der Waals surface area contributed by atoms with Crippen molar-refractivity contribution < 1.29 is 0 Å². The van der Waals surface area contributed by atoms with Gasteiger partial charge in [-0.15, -0.1) is 0 Å². The Kier molecular flexibility index (Phi) is 2.92. The standard InChI is InChI=1S/C16H30/c1-15(2,3)13-11-7-9-12(10-8-11)14(13)16(4,5)6/h11-14H,7-10H2,1-6H3/t11?,12?,13-,14-/m1/s1. The predicted octanol–water partition coefficient (Wildman–Crippen LogP) is 5.13. The van der Waals surface area contributed by atoms with Crippen molar-refractivity contribution in [1.82, 2.24) is 0 Å². The van der Waals surface area contributed by atoms with Crippen molar-refractivity contribution in [3.63, 3.8) is 0 Å². The SMILES string of the molecule is CC(C)(C)[C@@H]1C2CCC(CC2)[C@H]1C(C)(C)C. The molecule has 0 unspecified atom stereocenters. The third kappa shape index (κ3) is 2.05. The van der Waals surface area contributed by atoms with Gasteiger partial charge >= 0.3 is 0 Å². The van der Waals surface area contributed by atoms with Gasteiger partial charge in [-0.2, -0.15) is 0 Å². The Morgan fingerprint density at radius 1 is 0.562 bits per heavy atom. The van der Waals surface area contributed by atoms with Crippen LogP contribution in [0.3, 0.4) is 0 Å². The maximum Gasteiger partial charge on any atom is -0.0301 e. The molecule has 3 aliphatic carbocycles. The van der Waals surface area contributed by atoms with Gasteiger partial charge < -0.3 is 0 Å². The van der Waals surface area contributed by atoms with Gasteiger partial charge in [0.25, 0.3) is 0 Å². The van der Waals surface area contributed by atoms with Crippen molar-refractivity contribution in [3.05, 3.63) is 0 Å². The van der Waals surface area contributed by atoms with Crippen LogP contribution in [0.2, 0.25) is 0 Å². The van der Waals surface area contributed by atoms with Crippen LogP contribution in [0.25, 0.3) is 0 Å². The fraction of sp³-hybridized carbons (Fsp3) is 1.00. The van der Waals surface area contributed by atoms with E-state index in [2.05, 4.69) is 41.5 Å². The highest BCUT2D eigenvalue weighted by Crippen LogP contribution is 2.59. The molecule has 0 aliphatic heterocycles. The summed E-state index contributed by atoms with van der Waals surface area (Å²) >= 11 is 0. The van der Waals surface area contributed by atoms with Gasteiger partial charge in [-0.05, 0) is 60.2 Å². The molecule has 0 spiro atoms. The monoisotopic (exact) mass is 222 g/mol. The largest absolute Gasteiger partial charge is 0.0599 e. The Labute approximate surface area is 102 Å². The second-order valence-electron chi connectivity index (χ2n) is 8.46. The molecule has 0 aromatic heterocycles. The van der Waals surface area contributed by atoms with Crippen molar-refractivity contribution in [2.75, 3.05) is 0 Å². The van der Waals surface area contributed by atoms with Crippen LogP contribution in [0.4, 0.5) is 0 Å². The molecule has 0 aromatic rings. The van der Waals surface area contributed by atoms with E-state index in [4.69, 9.17) is 0 Å². The fourth-order valence-corrected chi connectivity index (χ4v) is 4.94. The third-order valence-corrected chi connectivity index (χ3v) is 5.22. The molecule has 0 saturated heterocycles. The van der Waals surface area contributed by atoms with Crippen molar-refractivity contribution in [1.29, 1.82) is 0 Å². The van der Waals surface area contributed by atoms with Crippen molar-refractivity contribution >= 4 is 0 Å². The fourth-order valence-electron chi connectivity index (χ4n) is 4.94. The van der Waals surface area contributed by atoms with E-state index >= 15 is 0 Å². The Morgan fingerprint density at radius 2 is 0.812 bits per heavy atom. The van der Waals surface area contributed by atoms with Gasteiger partial charge in [-0.3, -0.25) is 0 Å². The number of hydrogen-bond acceptors (Lipinski definition) is 0. The summed E-state index contributed by atoms with van der Waals surface area (Å²) in [5.41, 5.74) is 1.00. The molecule has 0 heterocycles. The van der Waals surface area contributed by atoms with Crippen LogP contribution < -0.4 is 0 Å². The van der Waals surface area contributed by atoms with E-state index < -0.39 is 0 Å². The molecular formula is C16H30. The summed E-state index contributed by atoms with van der Waals surface area (Å²) in [4.78, 5) is 0. The lowest BCUT2D eigenvalue weighted by atomic mass is 9.47. The van der Waals surface area contributed by atoms with E-state index in [1.807, 2.05) is 0 Å². The van der Waals surface area contributed by atoms with E-state index in [9.17, 15) is 0 Å². The number of hydrogen-bond donors (Lipinski definition) is 0. The van der Waals surface area contributed by atoms with Crippen molar-refractivity contribution in [2.24, 2.45) is 34.5 Å². The highest BCUT2D eigenvalue weighted by molar-refractivity contribution is 5.00. The Balaban J connectivity index is 2.32. The lowest BCUT2D eigenvalue weighted by Crippen LogP contribution is -2.50. The van der Waals surface area contributed by atoms with Crippen molar-refractivity contribution in [2.45, 2.75) is 67.2 Å². The molecular weight excluding hydrogens is 192 g/mol. The average molecular weight is 222 g/mol. The van der Waals surface area contributed by atoms with E-state index in [1.165, 1.54) is 25.7 Å². The Hall–Kier alpha value is 0. The van der Waals surface area contributed by atoms with Crippen molar-refractivity contribution in [3.8, 4) is 0 Å². The summed E-state index contributed by atoms with van der Waals surface area (Å²) in [5, 5.41) is 0. The minimum absolute atomic E-state index is 0.502. The van der Waals surface area contributed by atoms with Crippen LogP contribution in [0.1, 0.15) is 67.2 Å². The number of rotatable bonds is 0. The zero-order chi connectivity index (χ0) is 12.1. The van der Waals surface area contributed by atoms with Crippen LogP contribution in [0.5, 0.6) is 0 Å². The minimum atomic E-state index is 0.502. The maximum atomic E-state index is 2.47. The van der Waals surface area contributed by atoms with Gasteiger partial charge in [0.1, 0.15) is 0 Å². The molecule has 0 heteroatoms. The highest BCUT2D eigenvalue weighted by Gasteiger charge is 2.51. The molecule has 3 saturated carbocycles. The van der Waals surface area contributed by atoms with Gasteiger partial charge in [-0.25, -0.2) is 0 Å². The quantitative estimate of drug-likeness (QED) is 0.533. The zero-order valence-electron chi connectivity index (χ0n) is 12.1. The van der Waals surface area contributed by atoms with E-state index in [-0.39, 0.29) is 0 Å². The first-order valence-corrected chi connectivity index (χ1v) is 7.21. The van der Waals surface area contributed by atoms with E-state index in [0.29, 0.717) is 10.8 Å². The first-order chi connectivity index (χ1) is 7.21. The van der Waals surface area contributed by atoms with Crippen LogP contribution >= 0.6 is 0 Å². The molecule has 16 heavy (non-hydrogen) atoms. The third-order valence-electron chi connectivity index (χ3n) is 5.22. The second kappa shape index (κ2) is 3.75. The first kappa shape index (κ1) is 12.5. The van der Waals surface area contributed by atoms with Gasteiger partial charge in [0.05, 0.1) is 0 Å². The minimum Gasteiger partial charge on any atom is -0.0599 e. The molecule has 0 N–H and O–H groups in total. The van der Waals surface area contributed by atoms with Gasteiger partial charge in [0.15, 0.2) is 0 Å². The van der Waals surface area contributed by atoms with Gasteiger partial charge in [-0.1, -0.05) is 41.5 Å². The molecule has 0 radical (unpaired) electrons. The summed E-state index contributed by atoms with van der Waals surface area (Å²) in [6.07, 6.45) is 6.05. The highest BCUT2D eigenvalue weighted by atomic mass is 14.6. The second-order valence-corrected chi connectivity index (χ2v) is 8.46. The molecule has 0 nitrogen and oxygen atoms in total. The summed E-state index contributed by atoms with van der Waals surface area (Å²) in [6, 6.07) is 0. The lowest BCUT2D eigenvalue weighted by molar-refractivity contribution is -0.0878. The summed E-state index contributed by atoms with van der Waals surface area (Å²) < 4.78 is 0. The zero-order valence-corrected chi connectivity index (χ0v) is 12.1. The molecule has 3 rings (SSSR count). The Bertz CT molecular complexity index is 214. The van der Waals surface area contributed by atoms with E-state index in [0.717, 1.165) is 23.7 Å². The average Bonchev–Trinajstić information content (AvgIpc) is 2.15. The number of fused-ring (bicyclic) bond motifs is 3. The summed E-state index contributed by atoms with van der Waals surface area (Å²) in [6.45, 7) is 14.8. The van der Waals surface area contributed by atoms with Gasteiger partial charge in [0, 0.05) is 0 Å². The predicted molar refractivity (Wildman–Crippen MR) is 71.3 cm³/mol. The van der Waals surface area contributed by atoms with Crippen LogP contribution in [0, 0.1) is 34.5 Å². The Morgan fingerprint density at radius 3 is 1.00 bits per heavy atom. The van der Waals surface area contributed by atoms with Crippen LogP contribution in [-0.2, 0) is 0 Å².